The van der Waals surface area contributed by atoms with E-state index in [0.29, 0.717) is 5.69 Å². The molecule has 122 valence electrons. The van der Waals surface area contributed by atoms with Gasteiger partial charge in [-0.15, -0.1) is 11.3 Å². The van der Waals surface area contributed by atoms with Crippen LogP contribution in [-0.2, 0) is 9.59 Å². The largest absolute Gasteiger partial charge is 0.335 e. The number of halogens is 1. The highest BCUT2D eigenvalue weighted by atomic mass is 79.9. The Bertz CT molecular complexity index is 901. The van der Waals surface area contributed by atoms with Crippen molar-refractivity contribution in [3.05, 3.63) is 55.7 Å². The fourth-order valence-corrected chi connectivity index (χ4v) is 3.72. The number of nitrogens with zero attached hydrogens (tertiary/aromatic N) is 1. The van der Waals surface area contributed by atoms with Gasteiger partial charge in [-0.05, 0) is 55.8 Å². The van der Waals surface area contributed by atoms with Crippen molar-refractivity contribution in [1.29, 1.82) is 0 Å². The van der Waals surface area contributed by atoms with Crippen LogP contribution in [0.2, 0.25) is 0 Å². The third-order valence-electron chi connectivity index (χ3n) is 3.55. The maximum Gasteiger partial charge on any atom is 0.335 e. The van der Waals surface area contributed by atoms with Crippen molar-refractivity contribution in [3.8, 4) is 0 Å². The van der Waals surface area contributed by atoms with E-state index >= 15 is 0 Å². The molecule has 24 heavy (non-hydrogen) atoms. The van der Waals surface area contributed by atoms with Gasteiger partial charge in [0.2, 0.25) is 0 Å². The summed E-state index contributed by atoms with van der Waals surface area (Å²) in [5, 5.41) is 2.23. The van der Waals surface area contributed by atoms with Crippen molar-refractivity contribution >= 4 is 56.9 Å². The van der Waals surface area contributed by atoms with Crippen LogP contribution in [0, 0.1) is 13.8 Å². The minimum Gasteiger partial charge on any atom is -0.273 e. The number of barbiturate groups is 1. The van der Waals surface area contributed by atoms with Crippen LogP contribution in [0.1, 0.15) is 15.3 Å². The summed E-state index contributed by atoms with van der Waals surface area (Å²) in [6.07, 6.45) is 1.52. The predicted molar refractivity (Wildman–Crippen MR) is 96.9 cm³/mol. The van der Waals surface area contributed by atoms with E-state index in [1.165, 1.54) is 17.4 Å². The standard InChI is InChI=1S/C17H13BrN2O3S/c1-9-7-11(18)4-6-14(9)20-16(22)13(15(21)19-17(20)23)8-12-5-3-10(2)24-12/h3-8H,1-2H3,(H,19,21,23)/b13-8-. The van der Waals surface area contributed by atoms with Gasteiger partial charge in [-0.3, -0.25) is 14.9 Å². The average molecular weight is 405 g/mol. The molecule has 0 radical (unpaired) electrons. The number of aryl methyl sites for hydroxylation is 2. The number of nitrogens with one attached hydrogen (secondary N) is 1. The number of benzene rings is 1. The zero-order chi connectivity index (χ0) is 17.4. The lowest BCUT2D eigenvalue weighted by Crippen LogP contribution is -2.54. The Balaban J connectivity index is 2.04. The Morgan fingerprint density at radius 1 is 1.12 bits per heavy atom. The number of carbonyl (C=O) groups is 3. The first kappa shape index (κ1) is 16.6. The van der Waals surface area contributed by atoms with E-state index in [2.05, 4.69) is 21.2 Å². The summed E-state index contributed by atoms with van der Waals surface area (Å²) in [6.45, 7) is 3.74. The molecule has 0 spiro atoms. The van der Waals surface area contributed by atoms with Gasteiger partial charge in [0.15, 0.2) is 0 Å². The molecule has 0 aliphatic carbocycles. The summed E-state index contributed by atoms with van der Waals surface area (Å²) in [6, 6.07) is 8.21. The van der Waals surface area contributed by atoms with Crippen LogP contribution in [0.15, 0.2) is 40.4 Å². The highest BCUT2D eigenvalue weighted by Crippen LogP contribution is 2.28. The Labute approximate surface area is 151 Å². The molecule has 1 aromatic heterocycles. The molecule has 0 saturated carbocycles. The Kier molecular flexibility index (Phi) is 4.38. The van der Waals surface area contributed by atoms with Crippen LogP contribution >= 0.6 is 27.3 Å². The third kappa shape index (κ3) is 3.05. The zero-order valence-electron chi connectivity index (χ0n) is 12.9. The maximum atomic E-state index is 12.8. The molecule has 7 heteroatoms. The molecule has 2 aromatic rings. The summed E-state index contributed by atoms with van der Waals surface area (Å²) in [5.41, 5.74) is 1.13. The fourth-order valence-electron chi connectivity index (χ4n) is 2.42. The molecule has 4 amide bonds. The molecule has 0 unspecified atom stereocenters. The van der Waals surface area contributed by atoms with Gasteiger partial charge in [-0.1, -0.05) is 15.9 Å². The second kappa shape index (κ2) is 6.33. The molecule has 5 nitrogen and oxygen atoms in total. The van der Waals surface area contributed by atoms with Gasteiger partial charge in [-0.2, -0.15) is 0 Å². The zero-order valence-corrected chi connectivity index (χ0v) is 15.3. The number of urea groups is 1. The molecular weight excluding hydrogens is 392 g/mol. The number of thiophene rings is 1. The third-order valence-corrected chi connectivity index (χ3v) is 4.99. The number of imide groups is 2. The first-order valence-electron chi connectivity index (χ1n) is 7.11. The van der Waals surface area contributed by atoms with E-state index in [1.807, 2.05) is 19.1 Å². The summed E-state index contributed by atoms with van der Waals surface area (Å²) in [4.78, 5) is 39.9. The molecule has 0 atom stereocenters. The second-order valence-corrected chi connectivity index (χ2v) is 7.57. The van der Waals surface area contributed by atoms with E-state index in [0.717, 1.165) is 24.7 Å². The lowest BCUT2D eigenvalue weighted by molar-refractivity contribution is -0.122. The Hall–Kier alpha value is -2.25. The predicted octanol–water partition coefficient (Wildman–Crippen LogP) is 3.79. The Morgan fingerprint density at radius 2 is 1.88 bits per heavy atom. The molecule has 1 aliphatic rings. The lowest BCUT2D eigenvalue weighted by atomic mass is 10.1. The molecule has 3 rings (SSSR count). The fraction of sp³-hybridized carbons (Fsp3) is 0.118. The summed E-state index contributed by atoms with van der Waals surface area (Å²) < 4.78 is 0.842. The monoisotopic (exact) mass is 404 g/mol. The number of rotatable bonds is 2. The van der Waals surface area contributed by atoms with E-state index in [9.17, 15) is 14.4 Å². The van der Waals surface area contributed by atoms with Gasteiger partial charge in [0.25, 0.3) is 11.8 Å². The van der Waals surface area contributed by atoms with E-state index in [1.54, 1.807) is 25.1 Å². The summed E-state index contributed by atoms with van der Waals surface area (Å²) >= 11 is 4.82. The van der Waals surface area contributed by atoms with Gasteiger partial charge >= 0.3 is 6.03 Å². The molecular formula is C17H13BrN2O3S. The number of hydrogen-bond donors (Lipinski definition) is 1. The molecule has 0 bridgehead atoms. The number of amides is 4. The van der Waals surface area contributed by atoms with Crippen LogP contribution < -0.4 is 10.2 Å². The van der Waals surface area contributed by atoms with Crippen molar-refractivity contribution in [2.24, 2.45) is 0 Å². The molecule has 1 aliphatic heterocycles. The SMILES string of the molecule is Cc1ccc(/C=C2/C(=O)NC(=O)N(c3ccc(Br)cc3C)C2=O)s1. The van der Waals surface area contributed by atoms with E-state index < -0.39 is 17.8 Å². The topological polar surface area (TPSA) is 66.5 Å². The molecule has 1 saturated heterocycles. The number of carbonyl (C=O) groups excluding carboxylic acids is 3. The quantitative estimate of drug-likeness (QED) is 0.611. The van der Waals surface area contributed by atoms with Crippen LogP contribution in [0.3, 0.4) is 0 Å². The highest BCUT2D eigenvalue weighted by molar-refractivity contribution is 9.10. The van der Waals surface area contributed by atoms with Crippen molar-refractivity contribution in [2.45, 2.75) is 13.8 Å². The minimum absolute atomic E-state index is 0.0567. The normalized spacial score (nSPS) is 16.7. The smallest absolute Gasteiger partial charge is 0.273 e. The molecule has 1 N–H and O–H groups in total. The minimum atomic E-state index is -0.741. The van der Waals surface area contributed by atoms with Crippen molar-refractivity contribution < 1.29 is 14.4 Å². The lowest BCUT2D eigenvalue weighted by Gasteiger charge is -2.27. The van der Waals surface area contributed by atoms with Crippen molar-refractivity contribution in [1.82, 2.24) is 5.32 Å². The van der Waals surface area contributed by atoms with Crippen LogP contribution in [-0.4, -0.2) is 17.8 Å². The van der Waals surface area contributed by atoms with Gasteiger partial charge in [0, 0.05) is 14.2 Å². The van der Waals surface area contributed by atoms with Crippen molar-refractivity contribution in [2.75, 3.05) is 4.90 Å². The first-order chi connectivity index (χ1) is 11.4. The van der Waals surface area contributed by atoms with Crippen LogP contribution in [0.4, 0.5) is 10.5 Å². The van der Waals surface area contributed by atoms with E-state index in [-0.39, 0.29) is 5.57 Å². The Morgan fingerprint density at radius 3 is 2.50 bits per heavy atom. The number of anilines is 1. The average Bonchev–Trinajstić information content (AvgIpc) is 2.91. The van der Waals surface area contributed by atoms with Gasteiger partial charge in [-0.25, -0.2) is 9.69 Å². The molecule has 2 heterocycles. The van der Waals surface area contributed by atoms with Gasteiger partial charge < -0.3 is 0 Å². The molecule has 1 fully saturated rings. The molecule has 1 aromatic carbocycles. The van der Waals surface area contributed by atoms with Crippen LogP contribution in [0.25, 0.3) is 6.08 Å². The highest BCUT2D eigenvalue weighted by Gasteiger charge is 2.37. The maximum absolute atomic E-state index is 12.8. The van der Waals surface area contributed by atoms with Crippen molar-refractivity contribution in [3.63, 3.8) is 0 Å². The van der Waals surface area contributed by atoms with Gasteiger partial charge in [0.05, 0.1) is 5.69 Å². The second-order valence-electron chi connectivity index (χ2n) is 5.34. The van der Waals surface area contributed by atoms with E-state index in [4.69, 9.17) is 0 Å². The van der Waals surface area contributed by atoms with Crippen LogP contribution in [0.5, 0.6) is 0 Å². The summed E-state index contributed by atoms with van der Waals surface area (Å²) in [7, 11) is 0. The van der Waals surface area contributed by atoms with Gasteiger partial charge in [0.1, 0.15) is 5.57 Å². The number of hydrogen-bond acceptors (Lipinski definition) is 4. The summed E-state index contributed by atoms with van der Waals surface area (Å²) in [5.74, 6) is -1.30. The first-order valence-corrected chi connectivity index (χ1v) is 8.72.